The fraction of sp³-hybridized carbons (Fsp3) is 0.533. The van der Waals surface area contributed by atoms with E-state index in [1.807, 2.05) is 0 Å². The Morgan fingerprint density at radius 1 is 1.36 bits per heavy atom. The van der Waals surface area contributed by atoms with Gasteiger partial charge in [0.15, 0.2) is 0 Å². The first-order chi connectivity index (χ1) is 10.1. The highest BCUT2D eigenvalue weighted by atomic mass is 19.1. The Hall–Kier alpha value is -1.73. The first-order valence-electron chi connectivity index (χ1n) is 6.87. The molecule has 0 aromatic heterocycles. The van der Waals surface area contributed by atoms with Crippen LogP contribution >= 0.6 is 0 Å². The molecule has 1 saturated heterocycles. The summed E-state index contributed by atoms with van der Waals surface area (Å²) < 4.78 is 30.5. The molecule has 1 aliphatic heterocycles. The van der Waals surface area contributed by atoms with Crippen molar-refractivity contribution in [2.24, 2.45) is 0 Å². The maximum atomic E-state index is 13.3. The van der Waals surface area contributed by atoms with Crippen LogP contribution in [0.25, 0.3) is 0 Å². The van der Waals surface area contributed by atoms with E-state index in [9.17, 15) is 18.7 Å². The summed E-state index contributed by atoms with van der Waals surface area (Å²) >= 11 is 0. The van der Waals surface area contributed by atoms with Crippen LogP contribution in [-0.4, -0.2) is 34.6 Å². The summed E-state index contributed by atoms with van der Waals surface area (Å²) in [6.45, 7) is 5.48. The Labute approximate surface area is 127 Å². The average molecular weight is 317 g/mol. The van der Waals surface area contributed by atoms with Crippen LogP contribution in [-0.2, 0) is 4.74 Å². The summed E-state index contributed by atoms with van der Waals surface area (Å²) in [5, 5.41) is 20.2. The molecule has 1 fully saturated rings. The predicted molar refractivity (Wildman–Crippen MR) is 76.6 cm³/mol. The lowest BCUT2D eigenvalue weighted by molar-refractivity contribution is 0.0150. The van der Waals surface area contributed by atoms with E-state index in [1.165, 1.54) is 6.07 Å². The van der Waals surface area contributed by atoms with Crippen molar-refractivity contribution < 1.29 is 28.5 Å². The highest BCUT2D eigenvalue weighted by Gasteiger charge is 2.25. The zero-order valence-electron chi connectivity index (χ0n) is 12.8. The van der Waals surface area contributed by atoms with Crippen LogP contribution in [0.5, 0.6) is 0 Å². The Morgan fingerprint density at radius 3 is 2.41 bits per heavy atom. The van der Waals surface area contributed by atoms with E-state index in [2.05, 4.69) is 10.1 Å². The Morgan fingerprint density at radius 2 is 2.00 bits per heavy atom. The summed E-state index contributed by atoms with van der Waals surface area (Å²) in [7, 11) is 0. The van der Waals surface area contributed by atoms with Gasteiger partial charge in [0.2, 0.25) is 0 Å². The molecule has 1 unspecified atom stereocenters. The third-order valence-electron chi connectivity index (χ3n) is 2.83. The number of carboxylic acid groups (broad SMARTS) is 1. The molecule has 1 heterocycles. The molecule has 124 valence electrons. The summed E-state index contributed by atoms with van der Waals surface area (Å²) in [6.07, 6.45) is -1.26. The van der Waals surface area contributed by atoms with Crippen LogP contribution in [0, 0.1) is 11.6 Å². The monoisotopic (exact) mass is 317 g/mol. The molecule has 7 heteroatoms. The molecule has 5 nitrogen and oxygen atoms in total. The number of benzene rings is 1. The van der Waals surface area contributed by atoms with E-state index in [1.54, 1.807) is 20.8 Å². The van der Waals surface area contributed by atoms with E-state index < -0.39 is 29.5 Å². The number of β-amino-alcohol motifs (C(OH)–C–C–N with tert-alkyl or cyclic N) is 1. The third kappa shape index (κ3) is 6.36. The number of carbonyl (C=O) groups is 1. The Balaban J connectivity index is 0.000000261. The maximum Gasteiger partial charge on any atom is 0.506 e. The van der Waals surface area contributed by atoms with Crippen LogP contribution in [0.1, 0.15) is 38.8 Å². The number of aliphatic hydroxyl groups excluding tert-OH is 1. The number of halogens is 2. The molecule has 0 aliphatic carbocycles. The topological polar surface area (TPSA) is 78.8 Å². The van der Waals surface area contributed by atoms with Gasteiger partial charge in [-0.2, -0.15) is 0 Å². The fourth-order valence-electron chi connectivity index (χ4n) is 2.00. The van der Waals surface area contributed by atoms with Crippen molar-refractivity contribution >= 4 is 6.16 Å². The molecular weight excluding hydrogens is 296 g/mol. The molecule has 0 spiro atoms. The van der Waals surface area contributed by atoms with Crippen molar-refractivity contribution in [3.8, 4) is 0 Å². The zero-order chi connectivity index (χ0) is 16.9. The largest absolute Gasteiger partial charge is 0.506 e. The van der Waals surface area contributed by atoms with Gasteiger partial charge in [0.1, 0.15) is 17.2 Å². The molecule has 0 saturated carbocycles. The standard InChI is InChI=1S/C10H11F2NO.C5H10O3/c11-6-1-2-9(12)8(3-6)10-4-7(14)5-13-10;1-5(2,3)8-4(6)7/h1-3,7,10,13-14H,4-5H2;1-3H3,(H,6,7)/t7-,10?;/m1./s1. The summed E-state index contributed by atoms with van der Waals surface area (Å²) in [5.41, 5.74) is -0.284. The smallest absolute Gasteiger partial charge is 0.450 e. The minimum absolute atomic E-state index is 0.277. The van der Waals surface area contributed by atoms with Gasteiger partial charge in [0.05, 0.1) is 6.10 Å². The minimum atomic E-state index is -1.22. The van der Waals surface area contributed by atoms with E-state index in [0.29, 0.717) is 18.5 Å². The van der Waals surface area contributed by atoms with Crippen molar-refractivity contribution in [2.75, 3.05) is 6.54 Å². The number of nitrogens with one attached hydrogen (secondary N) is 1. The second-order valence-electron chi connectivity index (χ2n) is 6.00. The van der Waals surface area contributed by atoms with E-state index in [-0.39, 0.29) is 6.04 Å². The maximum absolute atomic E-state index is 13.3. The minimum Gasteiger partial charge on any atom is -0.450 e. The lowest BCUT2D eigenvalue weighted by Gasteiger charge is -2.15. The highest BCUT2D eigenvalue weighted by molar-refractivity contribution is 5.57. The van der Waals surface area contributed by atoms with Crippen LogP contribution in [0.3, 0.4) is 0 Å². The molecule has 1 aromatic rings. The molecule has 1 aliphatic rings. The molecule has 0 amide bonds. The Bertz CT molecular complexity index is 517. The van der Waals surface area contributed by atoms with Crippen LogP contribution in [0.4, 0.5) is 13.6 Å². The fourth-order valence-corrected chi connectivity index (χ4v) is 2.00. The first kappa shape index (κ1) is 18.3. The van der Waals surface area contributed by atoms with Gasteiger partial charge in [-0.1, -0.05) is 0 Å². The molecule has 3 N–H and O–H groups in total. The normalized spacial score (nSPS) is 21.0. The summed E-state index contributed by atoms with van der Waals surface area (Å²) in [6, 6.07) is 3.09. The second-order valence-corrected chi connectivity index (χ2v) is 6.00. The molecule has 0 radical (unpaired) electrons. The number of ether oxygens (including phenoxy) is 1. The molecule has 2 atom stereocenters. The number of rotatable bonds is 1. The summed E-state index contributed by atoms with van der Waals surface area (Å²) in [5.74, 6) is -0.886. The number of hydrogen-bond acceptors (Lipinski definition) is 4. The Kier molecular flexibility index (Phi) is 6.25. The van der Waals surface area contributed by atoms with Gasteiger partial charge < -0.3 is 20.3 Å². The van der Waals surface area contributed by atoms with Crippen LogP contribution < -0.4 is 5.32 Å². The lowest BCUT2D eigenvalue weighted by Crippen LogP contribution is -2.22. The quantitative estimate of drug-likeness (QED) is 0.694. The van der Waals surface area contributed by atoms with E-state index in [4.69, 9.17) is 5.11 Å². The van der Waals surface area contributed by atoms with Crippen molar-refractivity contribution in [1.29, 1.82) is 0 Å². The van der Waals surface area contributed by atoms with E-state index in [0.717, 1.165) is 12.1 Å². The summed E-state index contributed by atoms with van der Waals surface area (Å²) in [4.78, 5) is 9.79. The average Bonchev–Trinajstić information content (AvgIpc) is 2.76. The van der Waals surface area contributed by atoms with Gasteiger partial charge in [-0.25, -0.2) is 13.6 Å². The van der Waals surface area contributed by atoms with Gasteiger partial charge in [-0.05, 0) is 45.4 Å². The van der Waals surface area contributed by atoms with E-state index >= 15 is 0 Å². The van der Waals surface area contributed by atoms with Crippen LogP contribution in [0.15, 0.2) is 18.2 Å². The van der Waals surface area contributed by atoms with Crippen LogP contribution in [0.2, 0.25) is 0 Å². The van der Waals surface area contributed by atoms with Gasteiger partial charge in [0, 0.05) is 18.2 Å². The number of hydrogen-bond donors (Lipinski definition) is 3. The molecule has 22 heavy (non-hydrogen) atoms. The number of aliphatic hydroxyl groups is 1. The molecule has 1 aromatic carbocycles. The molecule has 2 rings (SSSR count). The molecular formula is C15H21F2NO4. The van der Waals surface area contributed by atoms with Gasteiger partial charge in [-0.15, -0.1) is 0 Å². The highest BCUT2D eigenvalue weighted by Crippen LogP contribution is 2.26. The zero-order valence-corrected chi connectivity index (χ0v) is 12.8. The second kappa shape index (κ2) is 7.51. The third-order valence-corrected chi connectivity index (χ3v) is 2.83. The predicted octanol–water partition coefficient (Wildman–Crippen LogP) is 2.84. The van der Waals surface area contributed by atoms with Gasteiger partial charge in [0.25, 0.3) is 0 Å². The van der Waals surface area contributed by atoms with Gasteiger partial charge >= 0.3 is 6.16 Å². The molecule has 0 bridgehead atoms. The lowest BCUT2D eigenvalue weighted by atomic mass is 10.0. The van der Waals surface area contributed by atoms with Crippen molar-refractivity contribution in [3.63, 3.8) is 0 Å². The SMILES string of the molecule is CC(C)(C)OC(=O)O.O[C@H]1CNC(c2cc(F)ccc2F)C1. The van der Waals surface area contributed by atoms with Crippen molar-refractivity contribution in [3.05, 3.63) is 35.4 Å². The van der Waals surface area contributed by atoms with Crippen molar-refractivity contribution in [2.45, 2.75) is 44.9 Å². The first-order valence-corrected chi connectivity index (χ1v) is 6.87. The van der Waals surface area contributed by atoms with Gasteiger partial charge in [-0.3, -0.25) is 0 Å². The van der Waals surface area contributed by atoms with Crippen molar-refractivity contribution in [1.82, 2.24) is 5.32 Å².